The Morgan fingerprint density at radius 3 is 2.63 bits per heavy atom. The average Bonchev–Trinajstić information content (AvgIpc) is 2.63. The van der Waals surface area contributed by atoms with Gasteiger partial charge in [-0.1, -0.05) is 30.3 Å². The number of benzene rings is 2. The number of aryl methyl sites for hydroxylation is 1. The van der Waals surface area contributed by atoms with Crippen molar-refractivity contribution in [1.82, 2.24) is 4.90 Å². The molecule has 5 nitrogen and oxygen atoms in total. The fourth-order valence-corrected chi connectivity index (χ4v) is 3.48. The Balaban J connectivity index is 1.92. The van der Waals surface area contributed by atoms with Crippen molar-refractivity contribution in [2.45, 2.75) is 46.3 Å². The lowest BCUT2D eigenvalue weighted by atomic mass is 9.94. The number of nitro benzene ring substituents is 1. The Kier molecular flexibility index (Phi) is 5.79. The molecule has 1 heterocycles. The molecule has 0 saturated heterocycles. The van der Waals surface area contributed by atoms with Crippen LogP contribution in [0.5, 0.6) is 5.75 Å². The van der Waals surface area contributed by atoms with Gasteiger partial charge in [0.25, 0.3) is 0 Å². The van der Waals surface area contributed by atoms with Gasteiger partial charge in [-0.2, -0.15) is 0 Å². The zero-order chi connectivity index (χ0) is 19.4. The molecule has 3 rings (SSSR count). The smallest absolute Gasteiger partial charge is 0.311 e. The highest BCUT2D eigenvalue weighted by molar-refractivity contribution is 5.72. The number of hydrogen-bond donors (Lipinski definition) is 0. The minimum Gasteiger partial charge on any atom is -0.484 e. The van der Waals surface area contributed by atoms with Gasteiger partial charge < -0.3 is 9.64 Å². The molecule has 2 aromatic carbocycles. The summed E-state index contributed by atoms with van der Waals surface area (Å²) in [7, 11) is 0. The molecule has 0 atom stereocenters. The van der Waals surface area contributed by atoms with Gasteiger partial charge in [-0.05, 0) is 61.9 Å². The zero-order valence-corrected chi connectivity index (χ0v) is 16.1. The predicted octanol–water partition coefficient (Wildman–Crippen LogP) is 5.33. The highest BCUT2D eigenvalue weighted by atomic mass is 16.6. The van der Waals surface area contributed by atoms with E-state index in [1.165, 1.54) is 11.1 Å². The van der Waals surface area contributed by atoms with E-state index in [9.17, 15) is 10.1 Å². The lowest BCUT2D eigenvalue weighted by Gasteiger charge is -2.28. The first-order chi connectivity index (χ1) is 12.9. The Bertz CT molecular complexity index is 844. The second kappa shape index (κ2) is 8.25. The van der Waals surface area contributed by atoms with Gasteiger partial charge in [0.2, 0.25) is 0 Å². The summed E-state index contributed by atoms with van der Waals surface area (Å²) < 4.78 is 5.73. The van der Waals surface area contributed by atoms with E-state index in [-0.39, 0.29) is 16.7 Å². The molecule has 1 aliphatic heterocycles. The fraction of sp³-hybridized carbons (Fsp3) is 0.364. The highest BCUT2D eigenvalue weighted by Crippen LogP contribution is 2.36. The summed E-state index contributed by atoms with van der Waals surface area (Å²) in [5.41, 5.74) is 4.46. The molecule has 0 unspecified atom stereocenters. The van der Waals surface area contributed by atoms with Crippen molar-refractivity contribution in [1.29, 1.82) is 0 Å². The molecule has 0 N–H and O–H groups in total. The molecule has 0 saturated carbocycles. The number of hydrogen-bond acceptors (Lipinski definition) is 4. The topological polar surface area (TPSA) is 55.6 Å². The van der Waals surface area contributed by atoms with Crippen molar-refractivity contribution in [3.8, 4) is 5.75 Å². The van der Waals surface area contributed by atoms with Gasteiger partial charge in [0.05, 0.1) is 11.0 Å². The minimum absolute atomic E-state index is 0.0301. The SMILES string of the molecule is Cc1cc([N+](=O)[O-])c(OC(C)C)cc1C1=CN(Cc2ccccc2)CCC1. The summed E-state index contributed by atoms with van der Waals surface area (Å²) in [6.07, 6.45) is 4.11. The van der Waals surface area contributed by atoms with Gasteiger partial charge in [0.1, 0.15) is 0 Å². The van der Waals surface area contributed by atoms with Crippen LogP contribution in [0.25, 0.3) is 5.57 Å². The molecular weight excluding hydrogens is 340 g/mol. The molecule has 27 heavy (non-hydrogen) atoms. The van der Waals surface area contributed by atoms with Gasteiger partial charge in [0.15, 0.2) is 5.75 Å². The van der Waals surface area contributed by atoms with Crippen LogP contribution in [0.3, 0.4) is 0 Å². The molecule has 142 valence electrons. The standard InChI is InChI=1S/C22H26N2O3/c1-16(2)27-22-13-20(17(3)12-21(22)24(25)26)19-10-7-11-23(15-19)14-18-8-5-4-6-9-18/h4-6,8-9,12-13,15-16H,7,10-11,14H2,1-3H3. The summed E-state index contributed by atoms with van der Waals surface area (Å²) in [5, 5.41) is 11.4. The summed E-state index contributed by atoms with van der Waals surface area (Å²) in [4.78, 5) is 13.3. The number of nitro groups is 1. The summed E-state index contributed by atoms with van der Waals surface area (Å²) in [6.45, 7) is 7.57. The molecule has 0 radical (unpaired) electrons. The molecule has 0 bridgehead atoms. The third-order valence-electron chi connectivity index (χ3n) is 4.67. The summed E-state index contributed by atoms with van der Waals surface area (Å²) in [5.74, 6) is 0.344. The van der Waals surface area contributed by atoms with Crippen molar-refractivity contribution in [3.63, 3.8) is 0 Å². The molecule has 0 fully saturated rings. The van der Waals surface area contributed by atoms with Crippen molar-refractivity contribution in [3.05, 3.63) is 75.5 Å². The Hall–Kier alpha value is -2.82. The number of nitrogens with zero attached hydrogens (tertiary/aromatic N) is 2. The summed E-state index contributed by atoms with van der Waals surface area (Å²) >= 11 is 0. The van der Waals surface area contributed by atoms with Crippen molar-refractivity contribution >= 4 is 11.3 Å². The van der Waals surface area contributed by atoms with Crippen LogP contribution in [0.15, 0.2) is 48.7 Å². The molecule has 2 aromatic rings. The molecule has 1 aliphatic rings. The van der Waals surface area contributed by atoms with Gasteiger partial charge in [-0.3, -0.25) is 10.1 Å². The van der Waals surface area contributed by atoms with Gasteiger partial charge in [-0.15, -0.1) is 0 Å². The summed E-state index contributed by atoms with van der Waals surface area (Å²) in [6, 6.07) is 13.9. The first-order valence-corrected chi connectivity index (χ1v) is 9.39. The third kappa shape index (κ3) is 4.67. The minimum atomic E-state index is -0.370. The lowest BCUT2D eigenvalue weighted by Crippen LogP contribution is -2.22. The van der Waals surface area contributed by atoms with E-state index in [1.54, 1.807) is 6.07 Å². The monoisotopic (exact) mass is 366 g/mol. The zero-order valence-electron chi connectivity index (χ0n) is 16.1. The van der Waals surface area contributed by atoms with E-state index in [1.807, 2.05) is 32.9 Å². The normalized spacial score (nSPS) is 14.2. The van der Waals surface area contributed by atoms with Crippen LogP contribution < -0.4 is 4.74 Å². The van der Waals surface area contributed by atoms with Crippen LogP contribution >= 0.6 is 0 Å². The second-order valence-corrected chi connectivity index (χ2v) is 7.27. The Labute approximate surface area is 160 Å². The van der Waals surface area contributed by atoms with Crippen molar-refractivity contribution in [2.75, 3.05) is 6.54 Å². The van der Waals surface area contributed by atoms with Gasteiger partial charge >= 0.3 is 5.69 Å². The fourth-order valence-electron chi connectivity index (χ4n) is 3.48. The van der Waals surface area contributed by atoms with E-state index in [2.05, 4.69) is 35.4 Å². The molecule has 0 spiro atoms. The Morgan fingerprint density at radius 2 is 1.96 bits per heavy atom. The maximum absolute atomic E-state index is 11.4. The first kappa shape index (κ1) is 19.0. The largest absolute Gasteiger partial charge is 0.484 e. The molecular formula is C22H26N2O3. The van der Waals surface area contributed by atoms with E-state index in [4.69, 9.17) is 4.74 Å². The van der Waals surface area contributed by atoms with Crippen LogP contribution in [-0.4, -0.2) is 22.5 Å². The van der Waals surface area contributed by atoms with Gasteiger partial charge in [-0.25, -0.2) is 0 Å². The van der Waals surface area contributed by atoms with Crippen LogP contribution in [0.4, 0.5) is 5.69 Å². The number of ether oxygens (including phenoxy) is 1. The molecule has 0 aliphatic carbocycles. The lowest BCUT2D eigenvalue weighted by molar-refractivity contribution is -0.386. The molecule has 5 heteroatoms. The van der Waals surface area contributed by atoms with Crippen molar-refractivity contribution < 1.29 is 9.66 Å². The molecule has 0 aromatic heterocycles. The van der Waals surface area contributed by atoms with E-state index >= 15 is 0 Å². The van der Waals surface area contributed by atoms with E-state index in [0.717, 1.165) is 37.1 Å². The quantitative estimate of drug-likeness (QED) is 0.512. The first-order valence-electron chi connectivity index (χ1n) is 9.39. The van der Waals surface area contributed by atoms with E-state index in [0.29, 0.717) is 5.75 Å². The highest BCUT2D eigenvalue weighted by Gasteiger charge is 2.22. The maximum atomic E-state index is 11.4. The molecule has 0 amide bonds. The third-order valence-corrected chi connectivity index (χ3v) is 4.67. The average molecular weight is 366 g/mol. The van der Waals surface area contributed by atoms with Crippen LogP contribution in [-0.2, 0) is 6.54 Å². The van der Waals surface area contributed by atoms with Gasteiger partial charge in [0, 0.05) is 25.4 Å². The predicted molar refractivity (Wildman–Crippen MR) is 108 cm³/mol. The maximum Gasteiger partial charge on any atom is 0.311 e. The second-order valence-electron chi connectivity index (χ2n) is 7.27. The van der Waals surface area contributed by atoms with Crippen molar-refractivity contribution in [2.24, 2.45) is 0 Å². The van der Waals surface area contributed by atoms with Crippen LogP contribution in [0, 0.1) is 17.0 Å². The van der Waals surface area contributed by atoms with Crippen LogP contribution in [0.2, 0.25) is 0 Å². The number of rotatable bonds is 6. The number of allylic oxidation sites excluding steroid dienone is 1. The Morgan fingerprint density at radius 1 is 1.22 bits per heavy atom. The van der Waals surface area contributed by atoms with Crippen LogP contribution in [0.1, 0.15) is 43.4 Å². The van der Waals surface area contributed by atoms with E-state index < -0.39 is 0 Å².